The fourth-order valence-corrected chi connectivity index (χ4v) is 4.68. The Morgan fingerprint density at radius 2 is 1.72 bits per heavy atom. The number of rotatable bonds is 3. The van der Waals surface area contributed by atoms with Crippen molar-refractivity contribution in [2.75, 3.05) is 0 Å². The molecule has 96 valence electrons. The molecule has 5 unspecified atom stereocenters. The third-order valence-corrected chi connectivity index (χ3v) is 5.55. The van der Waals surface area contributed by atoms with Gasteiger partial charge in [-0.15, -0.1) is 0 Å². The molecule has 5 atom stereocenters. The summed E-state index contributed by atoms with van der Waals surface area (Å²) in [6.45, 7) is 2.20. The van der Waals surface area contributed by atoms with Gasteiger partial charge in [-0.05, 0) is 67.6 Å². The highest BCUT2D eigenvalue weighted by Crippen LogP contribution is 2.65. The Balaban J connectivity index is 1.43. The highest BCUT2D eigenvalue weighted by atomic mass is 19.1. The van der Waals surface area contributed by atoms with Gasteiger partial charge in [0.25, 0.3) is 0 Å². The van der Waals surface area contributed by atoms with Crippen LogP contribution < -0.4 is 5.32 Å². The SMILES string of the molecule is CC(NC1C2C3CCC(C3)C12)c1ccc(F)cc1. The molecule has 1 nitrogen and oxygen atoms in total. The van der Waals surface area contributed by atoms with Gasteiger partial charge in [-0.25, -0.2) is 4.39 Å². The van der Waals surface area contributed by atoms with Gasteiger partial charge in [0.05, 0.1) is 0 Å². The largest absolute Gasteiger partial charge is 0.307 e. The standard InChI is InChI=1S/C16H20FN/c1-9(10-4-6-13(17)7-5-10)18-16-14-11-2-3-12(8-11)15(14)16/h4-7,9,11-12,14-16,18H,2-3,8H2,1H3. The third kappa shape index (κ3) is 1.55. The molecule has 4 rings (SSSR count). The van der Waals surface area contributed by atoms with E-state index in [2.05, 4.69) is 12.2 Å². The monoisotopic (exact) mass is 245 g/mol. The summed E-state index contributed by atoms with van der Waals surface area (Å²) < 4.78 is 12.9. The van der Waals surface area contributed by atoms with E-state index in [1.807, 2.05) is 12.1 Å². The molecule has 1 N–H and O–H groups in total. The minimum Gasteiger partial charge on any atom is -0.307 e. The van der Waals surface area contributed by atoms with Crippen LogP contribution in [0.4, 0.5) is 4.39 Å². The molecule has 2 bridgehead atoms. The van der Waals surface area contributed by atoms with Crippen molar-refractivity contribution in [1.29, 1.82) is 0 Å². The van der Waals surface area contributed by atoms with E-state index in [4.69, 9.17) is 0 Å². The van der Waals surface area contributed by atoms with Crippen LogP contribution in [0, 0.1) is 29.5 Å². The summed E-state index contributed by atoms with van der Waals surface area (Å²) in [5.74, 6) is 3.81. The van der Waals surface area contributed by atoms with Crippen LogP contribution in [0.1, 0.15) is 37.8 Å². The lowest BCUT2D eigenvalue weighted by Crippen LogP contribution is -2.26. The van der Waals surface area contributed by atoms with Crippen LogP contribution in [0.2, 0.25) is 0 Å². The molecule has 0 radical (unpaired) electrons. The van der Waals surface area contributed by atoms with Gasteiger partial charge in [0, 0.05) is 12.1 Å². The van der Waals surface area contributed by atoms with Crippen LogP contribution in [0.3, 0.4) is 0 Å². The molecule has 0 aliphatic heterocycles. The van der Waals surface area contributed by atoms with Gasteiger partial charge in [-0.3, -0.25) is 0 Å². The van der Waals surface area contributed by atoms with Crippen molar-refractivity contribution in [3.8, 4) is 0 Å². The molecule has 0 heterocycles. The molecular weight excluding hydrogens is 225 g/mol. The molecule has 3 aliphatic rings. The summed E-state index contributed by atoms with van der Waals surface area (Å²) in [6.07, 6.45) is 4.43. The summed E-state index contributed by atoms with van der Waals surface area (Å²) in [4.78, 5) is 0. The first-order chi connectivity index (χ1) is 8.74. The van der Waals surface area contributed by atoms with Crippen LogP contribution in [0.25, 0.3) is 0 Å². The average molecular weight is 245 g/mol. The molecule has 3 fully saturated rings. The Hall–Kier alpha value is -0.890. The van der Waals surface area contributed by atoms with E-state index in [9.17, 15) is 4.39 Å². The van der Waals surface area contributed by atoms with Gasteiger partial charge in [-0.1, -0.05) is 12.1 Å². The molecule has 1 aromatic rings. The van der Waals surface area contributed by atoms with Crippen molar-refractivity contribution in [2.24, 2.45) is 23.7 Å². The lowest BCUT2D eigenvalue weighted by molar-refractivity contribution is 0.433. The van der Waals surface area contributed by atoms with Gasteiger partial charge in [0.1, 0.15) is 5.82 Å². The van der Waals surface area contributed by atoms with E-state index in [0.717, 1.165) is 29.7 Å². The zero-order valence-corrected chi connectivity index (χ0v) is 10.8. The van der Waals surface area contributed by atoms with Crippen molar-refractivity contribution in [2.45, 2.75) is 38.3 Å². The van der Waals surface area contributed by atoms with Crippen LogP contribution >= 0.6 is 0 Å². The maximum atomic E-state index is 12.9. The first-order valence-corrected chi connectivity index (χ1v) is 7.25. The second kappa shape index (κ2) is 3.80. The summed E-state index contributed by atoms with van der Waals surface area (Å²) in [6, 6.07) is 8.02. The van der Waals surface area contributed by atoms with Crippen molar-refractivity contribution in [3.63, 3.8) is 0 Å². The molecule has 1 aromatic carbocycles. The van der Waals surface area contributed by atoms with Crippen molar-refractivity contribution < 1.29 is 4.39 Å². The summed E-state index contributed by atoms with van der Waals surface area (Å²) >= 11 is 0. The quantitative estimate of drug-likeness (QED) is 0.859. The minimum atomic E-state index is -0.146. The topological polar surface area (TPSA) is 12.0 Å². The highest BCUT2D eigenvalue weighted by Gasteiger charge is 2.64. The van der Waals surface area contributed by atoms with Crippen LogP contribution in [0.5, 0.6) is 0 Å². The molecular formula is C16H20FN. The first-order valence-electron chi connectivity index (χ1n) is 7.25. The number of hydrogen-bond acceptors (Lipinski definition) is 1. The Morgan fingerprint density at radius 3 is 2.33 bits per heavy atom. The maximum Gasteiger partial charge on any atom is 0.123 e. The van der Waals surface area contributed by atoms with E-state index in [-0.39, 0.29) is 5.82 Å². The summed E-state index contributed by atoms with van der Waals surface area (Å²) in [7, 11) is 0. The molecule has 3 saturated carbocycles. The summed E-state index contributed by atoms with van der Waals surface area (Å²) in [5, 5.41) is 3.77. The normalized spacial score (nSPS) is 41.8. The third-order valence-electron chi connectivity index (χ3n) is 5.55. The number of nitrogens with one attached hydrogen (secondary N) is 1. The number of fused-ring (bicyclic) bond motifs is 5. The van der Waals surface area contributed by atoms with Crippen LogP contribution in [-0.4, -0.2) is 6.04 Å². The molecule has 2 heteroatoms. The maximum absolute atomic E-state index is 12.9. The van der Waals surface area contributed by atoms with Crippen molar-refractivity contribution >= 4 is 0 Å². The predicted octanol–water partition coefficient (Wildman–Crippen LogP) is 3.52. The van der Waals surface area contributed by atoms with E-state index in [1.165, 1.54) is 24.8 Å². The molecule has 0 saturated heterocycles. The van der Waals surface area contributed by atoms with Gasteiger partial charge in [-0.2, -0.15) is 0 Å². The lowest BCUT2D eigenvalue weighted by atomic mass is 10.0. The van der Waals surface area contributed by atoms with E-state index in [0.29, 0.717) is 6.04 Å². The Labute approximate surface area is 108 Å². The Kier molecular flexibility index (Phi) is 2.32. The van der Waals surface area contributed by atoms with Crippen LogP contribution in [-0.2, 0) is 0 Å². The van der Waals surface area contributed by atoms with Crippen molar-refractivity contribution in [1.82, 2.24) is 5.32 Å². The summed E-state index contributed by atoms with van der Waals surface area (Å²) in [5.41, 5.74) is 1.20. The van der Waals surface area contributed by atoms with Gasteiger partial charge >= 0.3 is 0 Å². The first kappa shape index (κ1) is 11.0. The Bertz CT molecular complexity index is 439. The Morgan fingerprint density at radius 1 is 1.11 bits per heavy atom. The molecule has 0 amide bonds. The van der Waals surface area contributed by atoms with Gasteiger partial charge in [0.15, 0.2) is 0 Å². The number of halogens is 1. The lowest BCUT2D eigenvalue weighted by Gasteiger charge is -2.17. The van der Waals surface area contributed by atoms with Gasteiger partial charge in [0.2, 0.25) is 0 Å². The van der Waals surface area contributed by atoms with E-state index in [1.54, 1.807) is 12.1 Å². The fraction of sp³-hybridized carbons (Fsp3) is 0.625. The molecule has 3 aliphatic carbocycles. The molecule has 0 spiro atoms. The fourth-order valence-electron chi connectivity index (χ4n) is 4.68. The van der Waals surface area contributed by atoms with E-state index >= 15 is 0 Å². The number of hydrogen-bond donors (Lipinski definition) is 1. The highest BCUT2D eigenvalue weighted by molar-refractivity contribution is 5.22. The zero-order valence-electron chi connectivity index (χ0n) is 10.8. The molecule has 0 aromatic heterocycles. The molecule has 18 heavy (non-hydrogen) atoms. The second-order valence-electron chi connectivity index (χ2n) is 6.45. The minimum absolute atomic E-state index is 0.146. The number of benzene rings is 1. The van der Waals surface area contributed by atoms with E-state index < -0.39 is 0 Å². The second-order valence-corrected chi connectivity index (χ2v) is 6.45. The zero-order chi connectivity index (χ0) is 12.3. The smallest absolute Gasteiger partial charge is 0.123 e. The predicted molar refractivity (Wildman–Crippen MR) is 69.5 cm³/mol. The average Bonchev–Trinajstić information content (AvgIpc) is 2.78. The van der Waals surface area contributed by atoms with Gasteiger partial charge < -0.3 is 5.32 Å². The van der Waals surface area contributed by atoms with Crippen molar-refractivity contribution in [3.05, 3.63) is 35.6 Å². The van der Waals surface area contributed by atoms with Crippen LogP contribution in [0.15, 0.2) is 24.3 Å².